The molecule has 0 saturated heterocycles. The van der Waals surface area contributed by atoms with Gasteiger partial charge in [0.2, 0.25) is 0 Å². The number of nitrogens with one attached hydrogen (secondary N) is 1. The van der Waals surface area contributed by atoms with Gasteiger partial charge in [-0.2, -0.15) is 0 Å². The number of fused-ring (bicyclic) bond motifs is 3. The zero-order valence-electron chi connectivity index (χ0n) is 12.2. The predicted molar refractivity (Wildman–Crippen MR) is 91.7 cm³/mol. The van der Waals surface area contributed by atoms with Crippen molar-refractivity contribution in [3.05, 3.63) is 63.5 Å². The molecule has 0 amide bonds. The summed E-state index contributed by atoms with van der Waals surface area (Å²) in [4.78, 5) is 15.1. The van der Waals surface area contributed by atoms with Gasteiger partial charge in [-0.15, -0.1) is 11.3 Å². The Hall–Kier alpha value is -2.66. The number of H-pyrrole nitrogens is 1. The Balaban J connectivity index is 2.28. The fourth-order valence-electron chi connectivity index (χ4n) is 3.02. The third kappa shape index (κ3) is 2.04. The van der Waals surface area contributed by atoms with E-state index in [0.29, 0.717) is 21.3 Å². The van der Waals surface area contributed by atoms with Crippen LogP contribution in [-0.4, -0.2) is 10.1 Å². The highest BCUT2D eigenvalue weighted by Crippen LogP contribution is 2.41. The third-order valence-corrected chi connectivity index (χ3v) is 4.91. The number of aryl methyl sites for hydroxylation is 1. The van der Waals surface area contributed by atoms with E-state index in [4.69, 9.17) is 0 Å². The number of rotatable bonds is 1. The molecule has 4 rings (SSSR count). The van der Waals surface area contributed by atoms with E-state index in [1.807, 2.05) is 18.4 Å². The number of thiophene rings is 1. The van der Waals surface area contributed by atoms with Crippen molar-refractivity contribution in [3.8, 4) is 16.9 Å². The van der Waals surface area contributed by atoms with Crippen LogP contribution >= 0.6 is 11.3 Å². The lowest BCUT2D eigenvalue weighted by molar-refractivity contribution is 0.477. The second kappa shape index (κ2) is 4.93. The van der Waals surface area contributed by atoms with Gasteiger partial charge in [0.1, 0.15) is 16.3 Å². The van der Waals surface area contributed by atoms with Gasteiger partial charge in [-0.05, 0) is 47.7 Å². The zero-order chi connectivity index (χ0) is 16.1. The van der Waals surface area contributed by atoms with E-state index in [2.05, 4.69) is 4.98 Å². The maximum absolute atomic E-state index is 13.6. The van der Waals surface area contributed by atoms with Crippen LogP contribution in [0.3, 0.4) is 0 Å². The monoisotopic (exact) mass is 325 g/mol. The first-order valence-electron chi connectivity index (χ1n) is 7.08. The van der Waals surface area contributed by atoms with Gasteiger partial charge in [-0.3, -0.25) is 4.79 Å². The molecule has 0 aliphatic heterocycles. The lowest BCUT2D eigenvalue weighted by Crippen LogP contribution is -2.05. The second-order valence-corrected chi connectivity index (χ2v) is 6.38. The molecule has 4 aromatic rings. The topological polar surface area (TPSA) is 53.1 Å². The molecule has 0 atom stereocenters. The summed E-state index contributed by atoms with van der Waals surface area (Å²) in [5, 5.41) is 13.8. The molecule has 2 N–H and O–H groups in total. The minimum absolute atomic E-state index is 0.0696. The van der Waals surface area contributed by atoms with Crippen molar-refractivity contribution in [1.82, 2.24) is 4.98 Å². The Labute approximate surface area is 134 Å². The first-order valence-corrected chi connectivity index (χ1v) is 7.96. The Morgan fingerprint density at radius 3 is 2.83 bits per heavy atom. The molecule has 23 heavy (non-hydrogen) atoms. The normalized spacial score (nSPS) is 11.4. The minimum Gasteiger partial charge on any atom is -0.507 e. The standard InChI is InChI=1S/C18H12FNO2S/c1-9-7-13(21)14(10-3-2-4-11(19)8-10)15-12-5-6-23-17(12)18(22)20-16(9)15/h2-8,21H,1H3,(H,20,22). The van der Waals surface area contributed by atoms with Gasteiger partial charge in [-0.1, -0.05) is 12.1 Å². The van der Waals surface area contributed by atoms with Gasteiger partial charge in [-0.25, -0.2) is 4.39 Å². The summed E-state index contributed by atoms with van der Waals surface area (Å²) in [6, 6.07) is 9.55. The quantitative estimate of drug-likeness (QED) is 0.539. The van der Waals surface area contributed by atoms with Crippen LogP contribution in [0.2, 0.25) is 0 Å². The van der Waals surface area contributed by atoms with Gasteiger partial charge < -0.3 is 10.1 Å². The van der Waals surface area contributed by atoms with Crippen LogP contribution in [0.5, 0.6) is 5.75 Å². The van der Waals surface area contributed by atoms with Crippen LogP contribution in [0.1, 0.15) is 5.56 Å². The van der Waals surface area contributed by atoms with E-state index in [1.165, 1.54) is 23.5 Å². The number of hydrogen-bond acceptors (Lipinski definition) is 3. The molecule has 0 spiro atoms. The molecular formula is C18H12FNO2S. The number of hydrogen-bond donors (Lipinski definition) is 2. The number of pyridine rings is 1. The van der Waals surface area contributed by atoms with E-state index in [1.54, 1.807) is 18.2 Å². The fourth-order valence-corrected chi connectivity index (χ4v) is 3.81. The molecule has 0 aliphatic rings. The Kier molecular flexibility index (Phi) is 2.99. The third-order valence-electron chi connectivity index (χ3n) is 4.00. The summed E-state index contributed by atoms with van der Waals surface area (Å²) in [5.41, 5.74) is 2.39. The molecule has 3 nitrogen and oxygen atoms in total. The van der Waals surface area contributed by atoms with E-state index in [-0.39, 0.29) is 17.1 Å². The number of aromatic amines is 1. The maximum atomic E-state index is 13.6. The first kappa shape index (κ1) is 14.0. The molecule has 0 bridgehead atoms. The summed E-state index contributed by atoms with van der Waals surface area (Å²) in [6.07, 6.45) is 0. The van der Waals surface area contributed by atoms with Crippen LogP contribution in [-0.2, 0) is 0 Å². The van der Waals surface area contributed by atoms with Crippen LogP contribution in [0.25, 0.3) is 32.1 Å². The van der Waals surface area contributed by atoms with Crippen LogP contribution in [0, 0.1) is 12.7 Å². The smallest absolute Gasteiger partial charge is 0.266 e. The van der Waals surface area contributed by atoms with E-state index < -0.39 is 0 Å². The highest BCUT2D eigenvalue weighted by atomic mass is 32.1. The molecule has 0 fully saturated rings. The first-order chi connectivity index (χ1) is 11.1. The number of aromatic nitrogens is 1. The van der Waals surface area contributed by atoms with Crippen molar-refractivity contribution >= 4 is 32.3 Å². The molecule has 2 aromatic heterocycles. The van der Waals surface area contributed by atoms with E-state index >= 15 is 0 Å². The van der Waals surface area contributed by atoms with Crippen molar-refractivity contribution in [2.45, 2.75) is 6.92 Å². The molecule has 114 valence electrons. The van der Waals surface area contributed by atoms with E-state index in [9.17, 15) is 14.3 Å². The average molecular weight is 325 g/mol. The summed E-state index contributed by atoms with van der Waals surface area (Å²) in [5.74, 6) is -0.304. The van der Waals surface area contributed by atoms with Crippen molar-refractivity contribution in [3.63, 3.8) is 0 Å². The average Bonchev–Trinajstić information content (AvgIpc) is 2.99. The minimum atomic E-state index is -0.374. The number of aromatic hydroxyl groups is 1. The molecule has 2 heterocycles. The molecule has 0 aliphatic carbocycles. The largest absolute Gasteiger partial charge is 0.507 e. The Morgan fingerprint density at radius 1 is 1.22 bits per heavy atom. The molecule has 0 saturated carbocycles. The van der Waals surface area contributed by atoms with Gasteiger partial charge in [0.15, 0.2) is 0 Å². The van der Waals surface area contributed by atoms with Crippen molar-refractivity contribution in [2.24, 2.45) is 0 Å². The molecule has 5 heteroatoms. The Morgan fingerprint density at radius 2 is 2.04 bits per heavy atom. The number of benzene rings is 2. The summed E-state index contributed by atoms with van der Waals surface area (Å²) < 4.78 is 14.2. The van der Waals surface area contributed by atoms with Crippen LogP contribution in [0.4, 0.5) is 4.39 Å². The highest BCUT2D eigenvalue weighted by Gasteiger charge is 2.17. The maximum Gasteiger partial charge on any atom is 0.266 e. The summed E-state index contributed by atoms with van der Waals surface area (Å²) in [7, 11) is 0. The molecule has 0 unspecified atom stereocenters. The van der Waals surface area contributed by atoms with Crippen LogP contribution < -0.4 is 5.56 Å². The fraction of sp³-hybridized carbons (Fsp3) is 0.0556. The van der Waals surface area contributed by atoms with Crippen LogP contribution in [0.15, 0.2) is 46.6 Å². The predicted octanol–water partition coefficient (Wildman–Crippen LogP) is 4.56. The lowest BCUT2D eigenvalue weighted by Gasteiger charge is -2.13. The SMILES string of the molecule is Cc1cc(O)c(-c2cccc(F)c2)c2c1[nH]c(=O)c1sccc12. The lowest BCUT2D eigenvalue weighted by atomic mass is 9.95. The zero-order valence-corrected chi connectivity index (χ0v) is 13.0. The molecule has 0 radical (unpaired) electrons. The molecule has 2 aromatic carbocycles. The summed E-state index contributed by atoms with van der Waals surface area (Å²) >= 11 is 1.35. The van der Waals surface area contributed by atoms with Crippen molar-refractivity contribution in [2.75, 3.05) is 0 Å². The van der Waals surface area contributed by atoms with E-state index in [0.717, 1.165) is 16.3 Å². The number of phenols is 1. The number of halogens is 1. The van der Waals surface area contributed by atoms with Gasteiger partial charge >= 0.3 is 0 Å². The van der Waals surface area contributed by atoms with Gasteiger partial charge in [0.25, 0.3) is 5.56 Å². The Bertz CT molecular complexity index is 1130. The molecular weight excluding hydrogens is 313 g/mol. The summed E-state index contributed by atoms with van der Waals surface area (Å²) in [6.45, 7) is 1.82. The van der Waals surface area contributed by atoms with Crippen molar-refractivity contribution < 1.29 is 9.50 Å². The highest BCUT2D eigenvalue weighted by molar-refractivity contribution is 7.17. The van der Waals surface area contributed by atoms with Gasteiger partial charge in [0, 0.05) is 16.3 Å². The number of phenolic OH excluding ortho intramolecular Hbond substituents is 1. The van der Waals surface area contributed by atoms with Crippen molar-refractivity contribution in [1.29, 1.82) is 0 Å². The second-order valence-electron chi connectivity index (χ2n) is 5.47. The van der Waals surface area contributed by atoms with Gasteiger partial charge in [0.05, 0.1) is 5.52 Å².